The fourth-order valence-corrected chi connectivity index (χ4v) is 7.44. The highest BCUT2D eigenvalue weighted by Crippen LogP contribution is 2.47. The zero-order valence-electron chi connectivity index (χ0n) is 28.3. The molecular formula is C41H39ClN4O5. The van der Waals surface area contributed by atoms with Gasteiger partial charge >= 0.3 is 0 Å². The maximum Gasteiger partial charge on any atom is 0.264 e. The van der Waals surface area contributed by atoms with Crippen LogP contribution in [0.3, 0.4) is 0 Å². The quantitative estimate of drug-likeness (QED) is 0.204. The zero-order valence-corrected chi connectivity index (χ0v) is 29.0. The van der Waals surface area contributed by atoms with Gasteiger partial charge < -0.3 is 20.0 Å². The number of anilines is 2. The Morgan fingerprint density at radius 2 is 1.71 bits per heavy atom. The Labute approximate surface area is 302 Å². The molecule has 3 aliphatic rings. The van der Waals surface area contributed by atoms with Gasteiger partial charge in [-0.3, -0.25) is 14.4 Å². The highest BCUT2D eigenvalue weighted by molar-refractivity contribution is 6.31. The summed E-state index contributed by atoms with van der Waals surface area (Å²) in [5, 5.41) is 28.6. The first-order chi connectivity index (χ1) is 24.7. The number of carbonyl (C=O) groups excluding carboxylic acids is 3. The van der Waals surface area contributed by atoms with E-state index in [1.165, 1.54) is 5.01 Å². The molecule has 4 aromatic rings. The Morgan fingerprint density at radius 1 is 0.980 bits per heavy atom. The Hall–Kier alpha value is -5.09. The number of hydrogen-bond acceptors (Lipinski definition) is 6. The van der Waals surface area contributed by atoms with Gasteiger partial charge in [-0.2, -0.15) is 5.10 Å². The van der Waals surface area contributed by atoms with E-state index in [2.05, 4.69) is 5.10 Å². The molecule has 0 radical (unpaired) electrons. The first-order valence-electron chi connectivity index (χ1n) is 17.2. The zero-order chi connectivity index (χ0) is 35.7. The molecule has 9 nitrogen and oxygen atoms in total. The molecule has 3 aliphatic heterocycles. The van der Waals surface area contributed by atoms with E-state index in [0.717, 1.165) is 28.0 Å². The van der Waals surface area contributed by atoms with Crippen LogP contribution in [0.4, 0.5) is 11.4 Å². The summed E-state index contributed by atoms with van der Waals surface area (Å²) in [6.07, 6.45) is 4.95. The fourth-order valence-electron chi connectivity index (χ4n) is 7.27. The molecule has 0 fully saturated rings. The summed E-state index contributed by atoms with van der Waals surface area (Å²) >= 11 is 6.39. The van der Waals surface area contributed by atoms with Crippen LogP contribution in [-0.2, 0) is 39.5 Å². The number of carbonyl (C=O) groups is 3. The van der Waals surface area contributed by atoms with Crippen molar-refractivity contribution in [1.82, 2.24) is 4.90 Å². The van der Waals surface area contributed by atoms with E-state index in [1.54, 1.807) is 47.1 Å². The first kappa shape index (κ1) is 34.4. The molecule has 51 heavy (non-hydrogen) atoms. The van der Waals surface area contributed by atoms with E-state index in [9.17, 15) is 24.6 Å². The van der Waals surface area contributed by atoms with Crippen LogP contribution in [0.5, 0.6) is 0 Å². The molecule has 0 bridgehead atoms. The lowest BCUT2D eigenvalue weighted by molar-refractivity contribution is -0.139. The molecule has 10 heteroatoms. The standard InChI is InChI=1S/C41H39ClN4O5/c1-27(8-7-13-38(48)44-25-31-12-6-5-11-30(31)22-34(44)26-47)41(51)35-23-32(42)16-20-37(35)45(40(41)50)24-28-14-17-33(18-15-28)46-39(49)21-19-36(43-46)29-9-3-2-4-10-29/h2-12,14-18,20,23,27,34,47,51H,13,19,21-22,24-26H2,1H3/b8-7+/t27-,34-,41+/m0/s1. The van der Waals surface area contributed by atoms with Crippen molar-refractivity contribution in [2.75, 3.05) is 16.5 Å². The average molecular weight is 703 g/mol. The number of rotatable bonds is 9. The van der Waals surface area contributed by atoms with Crippen LogP contribution in [0.25, 0.3) is 0 Å². The third-order valence-corrected chi connectivity index (χ3v) is 10.4. The van der Waals surface area contributed by atoms with E-state index >= 15 is 0 Å². The van der Waals surface area contributed by atoms with Gasteiger partial charge in [-0.15, -0.1) is 0 Å². The maximum atomic E-state index is 14.1. The lowest BCUT2D eigenvalue weighted by Crippen LogP contribution is -2.46. The van der Waals surface area contributed by atoms with Gasteiger partial charge in [0, 0.05) is 42.3 Å². The third kappa shape index (κ3) is 6.60. The predicted octanol–water partition coefficient (Wildman–Crippen LogP) is 6.13. The number of hydrazone groups is 1. The molecule has 0 saturated carbocycles. The van der Waals surface area contributed by atoms with E-state index in [-0.39, 0.29) is 37.4 Å². The molecular weight excluding hydrogens is 664 g/mol. The molecule has 0 aromatic heterocycles. The Balaban J connectivity index is 1.07. The van der Waals surface area contributed by atoms with Crippen LogP contribution in [0.1, 0.15) is 54.0 Å². The van der Waals surface area contributed by atoms with E-state index < -0.39 is 17.4 Å². The van der Waals surface area contributed by atoms with Gasteiger partial charge in [0.05, 0.1) is 36.3 Å². The summed E-state index contributed by atoms with van der Waals surface area (Å²) in [6, 6.07) is 29.8. The van der Waals surface area contributed by atoms with Crippen LogP contribution in [-0.4, -0.2) is 51.2 Å². The van der Waals surface area contributed by atoms with Gasteiger partial charge in [0.25, 0.3) is 5.91 Å². The average Bonchev–Trinajstić information content (AvgIpc) is 3.36. The molecule has 7 rings (SSSR count). The van der Waals surface area contributed by atoms with Gasteiger partial charge in [-0.1, -0.05) is 97.4 Å². The summed E-state index contributed by atoms with van der Waals surface area (Å²) in [5.41, 5.74) is 4.47. The molecule has 4 aromatic carbocycles. The molecule has 0 saturated heterocycles. The lowest BCUT2D eigenvalue weighted by atomic mass is 9.83. The van der Waals surface area contributed by atoms with Gasteiger partial charge in [-0.05, 0) is 59.0 Å². The molecule has 0 aliphatic carbocycles. The van der Waals surface area contributed by atoms with Crippen molar-refractivity contribution in [3.05, 3.63) is 142 Å². The van der Waals surface area contributed by atoms with Crippen LogP contribution >= 0.6 is 11.6 Å². The van der Waals surface area contributed by atoms with Gasteiger partial charge in [0.2, 0.25) is 11.8 Å². The lowest BCUT2D eigenvalue weighted by Gasteiger charge is -2.36. The highest BCUT2D eigenvalue weighted by atomic mass is 35.5. The summed E-state index contributed by atoms with van der Waals surface area (Å²) in [5.74, 6) is -1.42. The van der Waals surface area contributed by atoms with Gasteiger partial charge in [-0.25, -0.2) is 5.01 Å². The van der Waals surface area contributed by atoms with Crippen molar-refractivity contribution >= 4 is 46.4 Å². The molecule has 260 valence electrons. The molecule has 0 spiro atoms. The summed E-state index contributed by atoms with van der Waals surface area (Å²) in [4.78, 5) is 43.5. The Kier molecular flexibility index (Phi) is 9.61. The normalized spacial score (nSPS) is 20.7. The van der Waals surface area contributed by atoms with Crippen molar-refractivity contribution in [3.63, 3.8) is 0 Å². The minimum absolute atomic E-state index is 0.0577. The molecule has 2 N–H and O–H groups in total. The van der Waals surface area contributed by atoms with E-state index in [4.69, 9.17) is 11.6 Å². The second-order valence-electron chi connectivity index (χ2n) is 13.4. The SMILES string of the molecule is C[C@@H](/C=C/CC(=O)N1Cc2ccccc2C[C@H]1CO)[C@]1(O)C(=O)N(Cc2ccc(N3N=C(c4ccccc4)CCC3=O)cc2)c2ccc(Cl)cc21. The molecule has 3 atom stereocenters. The molecule has 3 heterocycles. The molecule has 0 unspecified atom stereocenters. The van der Waals surface area contributed by atoms with Crippen molar-refractivity contribution in [1.29, 1.82) is 0 Å². The first-order valence-corrected chi connectivity index (χ1v) is 17.6. The number of amides is 3. The topological polar surface area (TPSA) is 114 Å². The number of fused-ring (bicyclic) bond motifs is 2. The van der Waals surface area contributed by atoms with Crippen molar-refractivity contribution in [2.24, 2.45) is 11.0 Å². The van der Waals surface area contributed by atoms with E-state index in [0.29, 0.717) is 47.8 Å². The third-order valence-electron chi connectivity index (χ3n) is 10.2. The second-order valence-corrected chi connectivity index (χ2v) is 13.8. The minimum atomic E-state index is -1.92. The summed E-state index contributed by atoms with van der Waals surface area (Å²) in [7, 11) is 0. The smallest absolute Gasteiger partial charge is 0.264 e. The number of hydrogen-bond donors (Lipinski definition) is 2. The number of benzene rings is 4. The minimum Gasteiger partial charge on any atom is -0.394 e. The van der Waals surface area contributed by atoms with Crippen molar-refractivity contribution in [3.8, 4) is 0 Å². The van der Waals surface area contributed by atoms with Crippen LogP contribution in [0.2, 0.25) is 5.02 Å². The largest absolute Gasteiger partial charge is 0.394 e. The summed E-state index contributed by atoms with van der Waals surface area (Å²) < 4.78 is 0. The van der Waals surface area contributed by atoms with Crippen LogP contribution in [0.15, 0.2) is 114 Å². The maximum absolute atomic E-state index is 14.1. The molecule has 3 amide bonds. The van der Waals surface area contributed by atoms with Crippen LogP contribution < -0.4 is 9.91 Å². The summed E-state index contributed by atoms with van der Waals surface area (Å²) in [6.45, 7) is 2.21. The number of aliphatic hydroxyl groups excluding tert-OH is 1. The highest BCUT2D eigenvalue weighted by Gasteiger charge is 2.52. The van der Waals surface area contributed by atoms with Crippen molar-refractivity contribution in [2.45, 2.75) is 57.3 Å². The number of nitrogens with zero attached hydrogens (tertiary/aromatic N) is 4. The van der Waals surface area contributed by atoms with Crippen molar-refractivity contribution < 1.29 is 24.6 Å². The second kappa shape index (κ2) is 14.3. The van der Waals surface area contributed by atoms with Gasteiger partial charge in [0.1, 0.15) is 0 Å². The Bertz CT molecular complexity index is 2030. The monoisotopic (exact) mass is 702 g/mol. The number of aliphatic hydroxyl groups is 2. The van der Waals surface area contributed by atoms with E-state index in [1.807, 2.05) is 78.9 Å². The predicted molar refractivity (Wildman–Crippen MR) is 197 cm³/mol. The Morgan fingerprint density at radius 3 is 2.45 bits per heavy atom. The van der Waals surface area contributed by atoms with Crippen LogP contribution in [0, 0.1) is 5.92 Å². The van der Waals surface area contributed by atoms with Gasteiger partial charge in [0.15, 0.2) is 5.60 Å². The fraction of sp³-hybridized carbons (Fsp3) is 0.268. The number of halogens is 1.